The molecule has 1 saturated heterocycles. The van der Waals surface area contributed by atoms with Crippen LogP contribution in [0.25, 0.3) is 0 Å². The van der Waals surface area contributed by atoms with Crippen molar-refractivity contribution in [3.8, 4) is 0 Å². The smallest absolute Gasteiger partial charge is 0.280 e. The second-order valence-corrected chi connectivity index (χ2v) is 5.79. The molecule has 0 spiro atoms. The summed E-state index contributed by atoms with van der Waals surface area (Å²) in [5.41, 5.74) is 0.389. The highest BCUT2D eigenvalue weighted by molar-refractivity contribution is 7.87. The number of rotatable bonds is 4. The van der Waals surface area contributed by atoms with Gasteiger partial charge in [0.15, 0.2) is 0 Å². The highest BCUT2D eigenvalue weighted by atomic mass is 32.2. The summed E-state index contributed by atoms with van der Waals surface area (Å²) in [5.74, 6) is 0. The molecule has 1 unspecified atom stereocenters. The van der Waals surface area contributed by atoms with Gasteiger partial charge in [-0.25, -0.2) is 0 Å². The molecule has 0 amide bonds. The van der Waals surface area contributed by atoms with Gasteiger partial charge in [0.25, 0.3) is 15.9 Å². The molecule has 1 N–H and O–H groups in total. The fourth-order valence-electron chi connectivity index (χ4n) is 1.81. The monoisotopic (exact) mass is 285 g/mol. The van der Waals surface area contributed by atoms with Crippen LogP contribution in [0.3, 0.4) is 0 Å². The molecule has 0 bridgehead atoms. The zero-order valence-electron chi connectivity index (χ0n) is 9.72. The van der Waals surface area contributed by atoms with E-state index in [1.807, 2.05) is 0 Å². The van der Waals surface area contributed by atoms with Crippen LogP contribution in [0.15, 0.2) is 24.3 Å². The first kappa shape index (κ1) is 13.6. The Kier molecular flexibility index (Phi) is 3.60. The standard InChI is InChI=1S/C10H11N3O5S/c14-7-9-6-12(19(17,18)11-9)5-8-2-1-3-10(4-8)13(15)16/h1-4,7,9,11H,5-6H2. The van der Waals surface area contributed by atoms with E-state index in [2.05, 4.69) is 4.72 Å². The first-order chi connectivity index (χ1) is 8.92. The Labute approximate surface area is 109 Å². The van der Waals surface area contributed by atoms with Crippen molar-refractivity contribution in [3.05, 3.63) is 39.9 Å². The van der Waals surface area contributed by atoms with Crippen LogP contribution in [0.4, 0.5) is 5.69 Å². The summed E-state index contributed by atoms with van der Waals surface area (Å²) in [6, 6.07) is 4.94. The van der Waals surface area contributed by atoms with Gasteiger partial charge >= 0.3 is 0 Å². The van der Waals surface area contributed by atoms with E-state index in [0.29, 0.717) is 11.8 Å². The molecule has 102 valence electrons. The van der Waals surface area contributed by atoms with Crippen LogP contribution in [0, 0.1) is 10.1 Å². The van der Waals surface area contributed by atoms with Crippen molar-refractivity contribution >= 4 is 22.2 Å². The van der Waals surface area contributed by atoms with Crippen LogP contribution < -0.4 is 4.72 Å². The van der Waals surface area contributed by atoms with Crippen molar-refractivity contribution in [2.45, 2.75) is 12.6 Å². The van der Waals surface area contributed by atoms with Gasteiger partial charge in [0.1, 0.15) is 6.29 Å². The van der Waals surface area contributed by atoms with Gasteiger partial charge in [-0.1, -0.05) is 12.1 Å². The summed E-state index contributed by atoms with van der Waals surface area (Å²) >= 11 is 0. The molecular formula is C10H11N3O5S. The zero-order chi connectivity index (χ0) is 14.0. The molecule has 2 rings (SSSR count). The Morgan fingerprint density at radius 1 is 1.53 bits per heavy atom. The van der Waals surface area contributed by atoms with Crippen molar-refractivity contribution in [1.82, 2.24) is 9.03 Å². The molecule has 1 aliphatic rings. The maximum Gasteiger partial charge on any atom is 0.280 e. The highest BCUT2D eigenvalue weighted by Gasteiger charge is 2.35. The minimum absolute atomic E-state index is 0.0125. The van der Waals surface area contributed by atoms with E-state index in [4.69, 9.17) is 0 Å². The third-order valence-corrected chi connectivity index (χ3v) is 4.24. The maximum atomic E-state index is 11.7. The van der Waals surface area contributed by atoms with E-state index >= 15 is 0 Å². The second-order valence-electron chi connectivity index (χ2n) is 4.08. The van der Waals surface area contributed by atoms with Crippen molar-refractivity contribution in [3.63, 3.8) is 0 Å². The lowest BCUT2D eigenvalue weighted by Gasteiger charge is -2.12. The van der Waals surface area contributed by atoms with Crippen LogP contribution in [0.1, 0.15) is 5.56 Å². The molecule has 1 atom stereocenters. The number of hydrogen-bond acceptors (Lipinski definition) is 5. The molecule has 1 aromatic carbocycles. The van der Waals surface area contributed by atoms with Crippen molar-refractivity contribution in [2.75, 3.05) is 6.54 Å². The van der Waals surface area contributed by atoms with Crippen LogP contribution >= 0.6 is 0 Å². The average molecular weight is 285 g/mol. The van der Waals surface area contributed by atoms with E-state index in [1.54, 1.807) is 6.07 Å². The minimum atomic E-state index is -3.70. The third-order valence-electron chi connectivity index (χ3n) is 2.69. The normalized spacial score (nSPS) is 22.2. The number of nitro benzene ring substituents is 1. The van der Waals surface area contributed by atoms with Gasteiger partial charge in [0.2, 0.25) is 0 Å². The molecule has 8 nitrogen and oxygen atoms in total. The lowest BCUT2D eigenvalue weighted by molar-refractivity contribution is -0.384. The van der Waals surface area contributed by atoms with Gasteiger partial charge in [-0.3, -0.25) is 10.1 Å². The molecule has 0 radical (unpaired) electrons. The number of aldehydes is 1. The number of non-ortho nitro benzene ring substituents is 1. The van der Waals surface area contributed by atoms with E-state index < -0.39 is 21.2 Å². The lowest BCUT2D eigenvalue weighted by atomic mass is 10.2. The molecule has 9 heteroatoms. The number of carbonyl (C=O) groups is 1. The van der Waals surface area contributed by atoms with Crippen LogP contribution in [-0.4, -0.2) is 36.5 Å². The predicted molar refractivity (Wildman–Crippen MR) is 65.4 cm³/mol. The lowest BCUT2D eigenvalue weighted by Crippen LogP contribution is -2.30. The summed E-state index contributed by atoms with van der Waals surface area (Å²) in [4.78, 5) is 20.7. The molecule has 1 aliphatic heterocycles. The molecule has 1 heterocycles. The molecule has 0 aliphatic carbocycles. The molecule has 1 aromatic rings. The number of benzene rings is 1. The van der Waals surface area contributed by atoms with Crippen LogP contribution in [0.2, 0.25) is 0 Å². The van der Waals surface area contributed by atoms with E-state index in [0.717, 1.165) is 4.31 Å². The predicted octanol–water partition coefficient (Wildman–Crippen LogP) is -0.188. The SMILES string of the molecule is O=CC1CN(Cc2cccc([N+](=O)[O-])c2)S(=O)(=O)N1. The van der Waals surface area contributed by atoms with Gasteiger partial charge < -0.3 is 4.79 Å². The second kappa shape index (κ2) is 5.03. The van der Waals surface area contributed by atoms with Gasteiger partial charge in [-0.05, 0) is 5.56 Å². The first-order valence-electron chi connectivity index (χ1n) is 5.38. The summed E-state index contributed by atoms with van der Waals surface area (Å²) in [6.07, 6.45) is 0.519. The Morgan fingerprint density at radius 3 is 2.84 bits per heavy atom. The van der Waals surface area contributed by atoms with Crippen molar-refractivity contribution in [1.29, 1.82) is 0 Å². The van der Waals surface area contributed by atoms with Gasteiger partial charge in [0, 0.05) is 25.2 Å². The Morgan fingerprint density at radius 2 is 2.26 bits per heavy atom. The molecule has 19 heavy (non-hydrogen) atoms. The summed E-state index contributed by atoms with van der Waals surface area (Å²) in [6.45, 7) is 0.00980. The Hall–Kier alpha value is -1.84. The molecular weight excluding hydrogens is 274 g/mol. The van der Waals surface area contributed by atoms with Gasteiger partial charge in [-0.15, -0.1) is 0 Å². The van der Waals surface area contributed by atoms with E-state index in [9.17, 15) is 23.3 Å². The maximum absolute atomic E-state index is 11.7. The Balaban J connectivity index is 2.20. The molecule has 1 fully saturated rings. The molecule has 0 aromatic heterocycles. The number of carbonyl (C=O) groups excluding carboxylic acids is 1. The summed E-state index contributed by atoms with van der Waals surface area (Å²) in [7, 11) is -3.70. The van der Waals surface area contributed by atoms with Crippen LogP contribution in [-0.2, 0) is 21.5 Å². The zero-order valence-corrected chi connectivity index (χ0v) is 10.5. The Bertz CT molecular complexity index is 615. The topological polar surface area (TPSA) is 110 Å². The number of nitro groups is 1. The first-order valence-corrected chi connectivity index (χ1v) is 6.82. The highest BCUT2D eigenvalue weighted by Crippen LogP contribution is 2.18. The van der Waals surface area contributed by atoms with E-state index in [1.165, 1.54) is 18.2 Å². The number of nitrogens with zero attached hydrogens (tertiary/aromatic N) is 2. The minimum Gasteiger partial charge on any atom is -0.302 e. The van der Waals surface area contributed by atoms with Crippen molar-refractivity contribution < 1.29 is 18.1 Å². The average Bonchev–Trinajstić information content (AvgIpc) is 2.65. The quantitative estimate of drug-likeness (QED) is 0.468. The van der Waals surface area contributed by atoms with Gasteiger partial charge in [-0.2, -0.15) is 17.4 Å². The van der Waals surface area contributed by atoms with Crippen molar-refractivity contribution in [2.24, 2.45) is 0 Å². The largest absolute Gasteiger partial charge is 0.302 e. The third kappa shape index (κ3) is 2.95. The number of hydrogen-bond donors (Lipinski definition) is 1. The molecule has 0 saturated carbocycles. The van der Waals surface area contributed by atoms with Gasteiger partial charge in [0.05, 0.1) is 11.0 Å². The summed E-state index contributed by atoms with van der Waals surface area (Å²) < 4.78 is 26.6. The van der Waals surface area contributed by atoms with E-state index in [-0.39, 0.29) is 18.8 Å². The fraction of sp³-hybridized carbons (Fsp3) is 0.300. The summed E-state index contributed by atoms with van der Waals surface area (Å²) in [5, 5.41) is 10.6. The number of nitrogens with one attached hydrogen (secondary N) is 1. The van der Waals surface area contributed by atoms with Crippen LogP contribution in [0.5, 0.6) is 0 Å². The fourth-order valence-corrected chi connectivity index (χ4v) is 3.15.